The number of nitrogens with zero attached hydrogens (tertiary/aromatic N) is 2. The van der Waals surface area contributed by atoms with Crippen LogP contribution in [0.3, 0.4) is 0 Å². The van der Waals surface area contributed by atoms with Crippen molar-refractivity contribution in [2.45, 2.75) is 19.4 Å². The van der Waals surface area contributed by atoms with Gasteiger partial charge in [0, 0.05) is 17.6 Å². The zero-order chi connectivity index (χ0) is 13.2. The summed E-state index contributed by atoms with van der Waals surface area (Å²) in [7, 11) is 0. The van der Waals surface area contributed by atoms with E-state index in [2.05, 4.69) is 10.4 Å². The molecule has 4 nitrogen and oxygen atoms in total. The Morgan fingerprint density at radius 2 is 2.21 bits per heavy atom. The van der Waals surface area contributed by atoms with Crippen molar-refractivity contribution in [2.75, 3.05) is 11.9 Å². The highest BCUT2D eigenvalue weighted by atomic mass is 35.5. The van der Waals surface area contributed by atoms with Crippen LogP contribution in [0.1, 0.15) is 17.7 Å². The molecule has 0 atom stereocenters. The molecule has 2 aromatic rings. The van der Waals surface area contributed by atoms with Crippen LogP contribution in [0.25, 0.3) is 0 Å². The Kier molecular flexibility index (Phi) is 3.25. The standard InChI is InChI=1S/C14H14ClN3O/c15-11-5-2-1-4-10(11)9-18-14(19)8-13-12(17-18)6-3-7-16-13/h1-2,4-5,8,16H,3,6-7,9H2. The number of aromatic nitrogens is 2. The maximum atomic E-state index is 12.0. The monoisotopic (exact) mass is 275 g/mol. The van der Waals surface area contributed by atoms with Gasteiger partial charge in [-0.2, -0.15) is 5.10 Å². The first-order valence-electron chi connectivity index (χ1n) is 6.32. The van der Waals surface area contributed by atoms with E-state index in [1.165, 1.54) is 4.68 Å². The quantitative estimate of drug-likeness (QED) is 0.915. The molecule has 5 heteroatoms. The number of hydrogen-bond acceptors (Lipinski definition) is 3. The maximum absolute atomic E-state index is 12.0. The maximum Gasteiger partial charge on any atom is 0.269 e. The van der Waals surface area contributed by atoms with Gasteiger partial charge in [0.1, 0.15) is 0 Å². The van der Waals surface area contributed by atoms with Gasteiger partial charge in [-0.05, 0) is 24.5 Å². The minimum Gasteiger partial charge on any atom is -0.383 e. The van der Waals surface area contributed by atoms with E-state index >= 15 is 0 Å². The van der Waals surface area contributed by atoms with Crippen LogP contribution in [0, 0.1) is 0 Å². The van der Waals surface area contributed by atoms with Gasteiger partial charge in [-0.1, -0.05) is 29.8 Å². The van der Waals surface area contributed by atoms with Gasteiger partial charge in [0.25, 0.3) is 5.56 Å². The summed E-state index contributed by atoms with van der Waals surface area (Å²) >= 11 is 6.11. The van der Waals surface area contributed by atoms with Gasteiger partial charge in [-0.15, -0.1) is 0 Å². The van der Waals surface area contributed by atoms with Gasteiger partial charge in [0.05, 0.1) is 17.9 Å². The molecule has 0 amide bonds. The van der Waals surface area contributed by atoms with Crippen LogP contribution >= 0.6 is 11.6 Å². The molecule has 1 aromatic heterocycles. The number of halogens is 1. The molecule has 0 radical (unpaired) electrons. The second kappa shape index (κ2) is 5.05. The number of anilines is 1. The number of nitrogens with one attached hydrogen (secondary N) is 1. The number of fused-ring (bicyclic) bond motifs is 1. The van der Waals surface area contributed by atoms with E-state index in [-0.39, 0.29) is 5.56 Å². The summed E-state index contributed by atoms with van der Waals surface area (Å²) in [4.78, 5) is 12.0. The Hall–Kier alpha value is -1.81. The average molecular weight is 276 g/mol. The lowest BCUT2D eigenvalue weighted by molar-refractivity contribution is 0.608. The molecular formula is C14H14ClN3O. The van der Waals surface area contributed by atoms with Crippen molar-refractivity contribution in [3.63, 3.8) is 0 Å². The van der Waals surface area contributed by atoms with E-state index in [1.54, 1.807) is 6.07 Å². The first-order valence-corrected chi connectivity index (χ1v) is 6.70. The molecule has 0 saturated carbocycles. The molecule has 1 aliphatic heterocycles. The SMILES string of the molecule is O=c1cc2c(nn1Cc1ccccc1Cl)CCCN2. The molecule has 0 aliphatic carbocycles. The van der Waals surface area contributed by atoms with Gasteiger partial charge in [0.15, 0.2) is 0 Å². The molecule has 0 unspecified atom stereocenters. The van der Waals surface area contributed by atoms with Gasteiger partial charge >= 0.3 is 0 Å². The number of rotatable bonds is 2. The summed E-state index contributed by atoms with van der Waals surface area (Å²) in [5, 5.41) is 8.30. The first kappa shape index (κ1) is 12.2. The van der Waals surface area contributed by atoms with Crippen LogP contribution < -0.4 is 10.9 Å². The van der Waals surface area contributed by atoms with Crippen molar-refractivity contribution < 1.29 is 0 Å². The third-order valence-corrected chi connectivity index (χ3v) is 3.63. The highest BCUT2D eigenvalue weighted by Crippen LogP contribution is 2.18. The largest absolute Gasteiger partial charge is 0.383 e. The van der Waals surface area contributed by atoms with Gasteiger partial charge in [-0.25, -0.2) is 4.68 Å². The highest BCUT2D eigenvalue weighted by molar-refractivity contribution is 6.31. The molecule has 0 bridgehead atoms. The molecule has 3 rings (SSSR count). The second-order valence-corrected chi connectivity index (χ2v) is 5.03. The normalized spacial score (nSPS) is 13.7. The molecule has 2 heterocycles. The van der Waals surface area contributed by atoms with Gasteiger partial charge in [0.2, 0.25) is 0 Å². The molecule has 1 N–H and O–H groups in total. The second-order valence-electron chi connectivity index (χ2n) is 4.62. The van der Waals surface area contributed by atoms with Crippen molar-refractivity contribution in [3.05, 3.63) is 57.0 Å². The lowest BCUT2D eigenvalue weighted by Crippen LogP contribution is -2.27. The molecule has 1 aromatic carbocycles. The van der Waals surface area contributed by atoms with Crippen LogP contribution in [0.4, 0.5) is 5.69 Å². The molecule has 19 heavy (non-hydrogen) atoms. The first-order chi connectivity index (χ1) is 9.24. The zero-order valence-corrected chi connectivity index (χ0v) is 11.2. The Balaban J connectivity index is 1.97. The number of aryl methyl sites for hydroxylation is 1. The summed E-state index contributed by atoms with van der Waals surface area (Å²) in [5.74, 6) is 0. The third-order valence-electron chi connectivity index (χ3n) is 3.26. The van der Waals surface area contributed by atoms with E-state index in [0.29, 0.717) is 11.6 Å². The summed E-state index contributed by atoms with van der Waals surface area (Å²) in [5.41, 5.74) is 2.63. The average Bonchev–Trinajstić information content (AvgIpc) is 2.42. The van der Waals surface area contributed by atoms with Crippen LogP contribution in [0.5, 0.6) is 0 Å². The molecule has 98 valence electrons. The summed E-state index contributed by atoms with van der Waals surface area (Å²) < 4.78 is 1.48. The van der Waals surface area contributed by atoms with E-state index in [0.717, 1.165) is 36.3 Å². The number of hydrogen-bond donors (Lipinski definition) is 1. The van der Waals surface area contributed by atoms with E-state index in [1.807, 2.05) is 24.3 Å². The number of benzene rings is 1. The summed E-state index contributed by atoms with van der Waals surface area (Å²) in [6.45, 7) is 1.31. The highest BCUT2D eigenvalue weighted by Gasteiger charge is 2.13. The molecule has 0 spiro atoms. The summed E-state index contributed by atoms with van der Waals surface area (Å²) in [6.07, 6.45) is 1.95. The van der Waals surface area contributed by atoms with Crippen molar-refractivity contribution in [3.8, 4) is 0 Å². The Bertz CT molecular complexity index is 666. The molecule has 0 fully saturated rings. The molecule has 0 saturated heterocycles. The molecular weight excluding hydrogens is 262 g/mol. The Labute approximate surface area is 116 Å². The van der Waals surface area contributed by atoms with Crippen LogP contribution in [0.15, 0.2) is 35.1 Å². The predicted molar refractivity (Wildman–Crippen MR) is 75.9 cm³/mol. The van der Waals surface area contributed by atoms with E-state index in [9.17, 15) is 4.79 Å². The Morgan fingerprint density at radius 1 is 1.37 bits per heavy atom. The van der Waals surface area contributed by atoms with Crippen molar-refractivity contribution in [1.82, 2.24) is 9.78 Å². The lowest BCUT2D eigenvalue weighted by Gasteiger charge is -2.17. The van der Waals surface area contributed by atoms with E-state index in [4.69, 9.17) is 11.6 Å². The predicted octanol–water partition coefficient (Wildman–Crippen LogP) is 2.30. The smallest absolute Gasteiger partial charge is 0.269 e. The van der Waals surface area contributed by atoms with Gasteiger partial charge < -0.3 is 5.32 Å². The topological polar surface area (TPSA) is 46.9 Å². The minimum atomic E-state index is -0.104. The third kappa shape index (κ3) is 2.49. The Morgan fingerprint density at radius 3 is 3.05 bits per heavy atom. The minimum absolute atomic E-state index is 0.104. The van der Waals surface area contributed by atoms with Crippen molar-refractivity contribution in [1.29, 1.82) is 0 Å². The van der Waals surface area contributed by atoms with Crippen LogP contribution in [-0.2, 0) is 13.0 Å². The van der Waals surface area contributed by atoms with Crippen LogP contribution in [-0.4, -0.2) is 16.3 Å². The molecule has 1 aliphatic rings. The fourth-order valence-electron chi connectivity index (χ4n) is 2.25. The van der Waals surface area contributed by atoms with Crippen LogP contribution in [0.2, 0.25) is 5.02 Å². The fraction of sp³-hybridized carbons (Fsp3) is 0.286. The lowest BCUT2D eigenvalue weighted by atomic mass is 10.1. The van der Waals surface area contributed by atoms with Gasteiger partial charge in [-0.3, -0.25) is 4.79 Å². The summed E-state index contributed by atoms with van der Waals surface area (Å²) in [6, 6.07) is 9.14. The van der Waals surface area contributed by atoms with Crippen molar-refractivity contribution in [2.24, 2.45) is 0 Å². The fourth-order valence-corrected chi connectivity index (χ4v) is 2.44. The van der Waals surface area contributed by atoms with Crippen molar-refractivity contribution >= 4 is 17.3 Å². The zero-order valence-electron chi connectivity index (χ0n) is 10.4. The van der Waals surface area contributed by atoms with E-state index < -0.39 is 0 Å².